The smallest absolute Gasteiger partial charge is 0.419 e. The second-order valence-corrected chi connectivity index (χ2v) is 12.0. The van der Waals surface area contributed by atoms with Crippen LogP contribution in [0, 0.1) is 35.4 Å². The third-order valence-corrected chi connectivity index (χ3v) is 9.37. The number of alkyl halides is 3. The summed E-state index contributed by atoms with van der Waals surface area (Å²) < 4.78 is 65.0. The Hall–Kier alpha value is -4.00. The molecule has 2 aliphatic heterocycles. The number of anilines is 1. The summed E-state index contributed by atoms with van der Waals surface area (Å²) in [6.07, 6.45) is 2.12. The largest absolute Gasteiger partial charge is 0.480 e. The predicted octanol–water partition coefficient (Wildman–Crippen LogP) is 4.73. The van der Waals surface area contributed by atoms with Crippen LogP contribution in [-0.4, -0.2) is 55.0 Å². The number of oxime groups is 1. The minimum atomic E-state index is -4.92. The maximum atomic E-state index is 14.1. The Labute approximate surface area is 250 Å². The number of amides is 2. The summed E-state index contributed by atoms with van der Waals surface area (Å²) in [6.45, 7) is 0.774. The van der Waals surface area contributed by atoms with E-state index < -0.39 is 41.3 Å². The molecule has 5 aliphatic rings. The first kappa shape index (κ1) is 28.8. The minimum absolute atomic E-state index is 0.0777. The Bertz CT molecular complexity index is 1570. The van der Waals surface area contributed by atoms with Crippen molar-refractivity contribution in [1.29, 1.82) is 0 Å². The topological polar surface area (TPSA) is 111 Å². The van der Waals surface area contributed by atoms with Crippen molar-refractivity contribution in [2.45, 2.75) is 44.0 Å². The van der Waals surface area contributed by atoms with Gasteiger partial charge in [0.1, 0.15) is 11.4 Å². The quantitative estimate of drug-likeness (QED) is 0.345. The first-order valence-electron chi connectivity index (χ1n) is 14.7. The first-order chi connectivity index (χ1) is 21.1. The van der Waals surface area contributed by atoms with Crippen molar-refractivity contribution in [2.75, 3.05) is 25.6 Å². The lowest BCUT2D eigenvalue weighted by Gasteiger charge is -2.30. The molecule has 3 heterocycles. The third-order valence-electron chi connectivity index (χ3n) is 9.37. The first-order valence-corrected chi connectivity index (χ1v) is 14.7. The van der Waals surface area contributed by atoms with Crippen LogP contribution >= 0.6 is 0 Å². The summed E-state index contributed by atoms with van der Waals surface area (Å²) in [5.74, 6) is -3.22. The lowest BCUT2D eigenvalue weighted by molar-refractivity contribution is -0.140. The number of hydrogen-bond acceptors (Lipinski definition) is 7. The summed E-state index contributed by atoms with van der Waals surface area (Å²) in [6, 6.07) is 3.39. The molecule has 4 fully saturated rings. The molecule has 3 aliphatic carbocycles. The standard InChI is InChI=1S/C31H30F4N4O5/c1-42-30-25(18(8-9-36-30)26-20-12-43-13-23(20)44-39-26)29(41)38-27-17-6-5-16(19(17)10-14-2-3-14)24(27)28(40)37-15-4-7-22(32)21(11-15)31(33,34)35/h4,7-11,14,16-17,20,23-24,27H,2-3,5-6,12-13H2,1H3,(H,37,40)(H,38,41)/b19-10-/t16-,17+,20?,23?,24-,27+/m0/s1. The van der Waals surface area contributed by atoms with Gasteiger partial charge in [0.2, 0.25) is 11.8 Å². The van der Waals surface area contributed by atoms with E-state index in [1.165, 1.54) is 13.3 Å². The Kier molecular flexibility index (Phi) is 7.10. The van der Waals surface area contributed by atoms with E-state index in [0.717, 1.165) is 30.9 Å². The highest BCUT2D eigenvalue weighted by Gasteiger charge is 2.55. The van der Waals surface area contributed by atoms with E-state index in [1.54, 1.807) is 6.07 Å². The van der Waals surface area contributed by atoms with Gasteiger partial charge in [-0.1, -0.05) is 16.8 Å². The van der Waals surface area contributed by atoms with Crippen LogP contribution in [0.2, 0.25) is 0 Å². The molecular weight excluding hydrogens is 584 g/mol. The lowest BCUT2D eigenvalue weighted by atomic mass is 9.83. The van der Waals surface area contributed by atoms with Crippen molar-refractivity contribution in [3.63, 3.8) is 0 Å². The monoisotopic (exact) mass is 614 g/mol. The number of fused-ring (bicyclic) bond motifs is 3. The number of halogens is 4. The summed E-state index contributed by atoms with van der Waals surface area (Å²) in [5.41, 5.74) is 0.641. The molecule has 2 bridgehead atoms. The number of nitrogens with one attached hydrogen (secondary N) is 2. The maximum absolute atomic E-state index is 14.1. The highest BCUT2D eigenvalue weighted by Crippen LogP contribution is 2.54. The predicted molar refractivity (Wildman–Crippen MR) is 148 cm³/mol. The molecule has 7 rings (SSSR count). The number of allylic oxidation sites excluding steroid dienone is 1. The molecule has 13 heteroatoms. The van der Waals surface area contributed by atoms with E-state index in [1.807, 2.05) is 0 Å². The van der Waals surface area contributed by atoms with Crippen LogP contribution in [0.4, 0.5) is 23.2 Å². The molecule has 2 N–H and O–H groups in total. The zero-order valence-electron chi connectivity index (χ0n) is 23.7. The highest BCUT2D eigenvalue weighted by atomic mass is 19.4. The molecule has 2 unspecified atom stereocenters. The average molecular weight is 615 g/mol. The van der Waals surface area contributed by atoms with Gasteiger partial charge in [0.25, 0.3) is 5.91 Å². The van der Waals surface area contributed by atoms with Crippen molar-refractivity contribution < 1.29 is 41.5 Å². The van der Waals surface area contributed by atoms with Crippen LogP contribution < -0.4 is 15.4 Å². The van der Waals surface area contributed by atoms with Gasteiger partial charge in [-0.05, 0) is 61.8 Å². The second kappa shape index (κ2) is 10.9. The van der Waals surface area contributed by atoms with E-state index in [2.05, 4.69) is 26.8 Å². The van der Waals surface area contributed by atoms with E-state index >= 15 is 0 Å². The van der Waals surface area contributed by atoms with Crippen molar-refractivity contribution in [3.05, 3.63) is 64.6 Å². The Morgan fingerprint density at radius 2 is 1.86 bits per heavy atom. The average Bonchev–Trinajstić information content (AvgIpc) is 3.27. The van der Waals surface area contributed by atoms with E-state index in [4.69, 9.17) is 14.3 Å². The van der Waals surface area contributed by atoms with E-state index in [9.17, 15) is 27.2 Å². The molecule has 2 aromatic rings. The van der Waals surface area contributed by atoms with Gasteiger partial charge >= 0.3 is 6.18 Å². The van der Waals surface area contributed by atoms with Gasteiger partial charge in [-0.15, -0.1) is 0 Å². The normalized spacial score (nSPS) is 29.8. The fourth-order valence-corrected chi connectivity index (χ4v) is 7.19. The number of ether oxygens (including phenoxy) is 2. The number of methoxy groups -OCH3 is 1. The van der Waals surface area contributed by atoms with Crippen molar-refractivity contribution in [1.82, 2.24) is 10.3 Å². The molecular formula is C31H30F4N4O5. The number of carbonyl (C=O) groups excluding carboxylic acids is 2. The number of rotatable bonds is 7. The van der Waals surface area contributed by atoms with Crippen LogP contribution in [0.1, 0.15) is 47.2 Å². The highest BCUT2D eigenvalue weighted by molar-refractivity contribution is 6.13. The van der Waals surface area contributed by atoms with Crippen LogP contribution in [0.5, 0.6) is 5.88 Å². The van der Waals surface area contributed by atoms with Gasteiger partial charge in [0, 0.05) is 29.4 Å². The number of benzene rings is 1. The molecule has 1 aromatic carbocycles. The number of carbonyl (C=O) groups is 2. The van der Waals surface area contributed by atoms with Gasteiger partial charge in [0.05, 0.1) is 43.4 Å². The second-order valence-electron chi connectivity index (χ2n) is 12.0. The van der Waals surface area contributed by atoms with Crippen molar-refractivity contribution in [3.8, 4) is 5.88 Å². The van der Waals surface area contributed by atoms with Crippen molar-refractivity contribution >= 4 is 23.2 Å². The Morgan fingerprint density at radius 3 is 2.61 bits per heavy atom. The molecule has 1 saturated heterocycles. The molecule has 6 atom stereocenters. The van der Waals surface area contributed by atoms with Crippen LogP contribution in [0.25, 0.3) is 0 Å². The fourth-order valence-electron chi connectivity index (χ4n) is 7.19. The van der Waals surface area contributed by atoms with Crippen LogP contribution in [0.15, 0.2) is 47.3 Å². The maximum Gasteiger partial charge on any atom is 0.419 e. The van der Waals surface area contributed by atoms with E-state index in [-0.39, 0.29) is 41.0 Å². The van der Waals surface area contributed by atoms with Gasteiger partial charge in [0.15, 0.2) is 6.10 Å². The number of aromatic nitrogens is 1. The SMILES string of the molecule is COc1nccc(C2=NOC3COCC23)c1C(=O)N[C@H]1[C@@H](C(=O)Nc2ccc(F)c(C(F)(F)F)c2)[C@H]2CC[C@@H]1/C2=C\C1CC1. The Morgan fingerprint density at radius 1 is 1.07 bits per heavy atom. The minimum Gasteiger partial charge on any atom is -0.480 e. The lowest BCUT2D eigenvalue weighted by Crippen LogP contribution is -2.48. The number of pyridine rings is 1. The Balaban J connectivity index is 1.20. The van der Waals surface area contributed by atoms with Crippen molar-refractivity contribution in [2.24, 2.45) is 34.7 Å². The van der Waals surface area contributed by atoms with Gasteiger partial charge < -0.3 is 24.9 Å². The molecule has 44 heavy (non-hydrogen) atoms. The zero-order valence-corrected chi connectivity index (χ0v) is 23.7. The summed E-state index contributed by atoms with van der Waals surface area (Å²) in [7, 11) is 1.40. The summed E-state index contributed by atoms with van der Waals surface area (Å²) in [4.78, 5) is 37.7. The fraction of sp³-hybridized carbons (Fsp3) is 0.484. The molecule has 232 valence electrons. The van der Waals surface area contributed by atoms with Gasteiger partial charge in [-0.2, -0.15) is 13.2 Å². The summed E-state index contributed by atoms with van der Waals surface area (Å²) in [5, 5.41) is 9.90. The molecule has 1 aromatic heterocycles. The molecule has 3 saturated carbocycles. The molecule has 0 radical (unpaired) electrons. The summed E-state index contributed by atoms with van der Waals surface area (Å²) >= 11 is 0. The number of nitrogens with zero attached hydrogens (tertiary/aromatic N) is 2. The van der Waals surface area contributed by atoms with Gasteiger partial charge in [-0.25, -0.2) is 9.37 Å². The molecule has 9 nitrogen and oxygen atoms in total. The third kappa shape index (κ3) is 5.00. The van der Waals surface area contributed by atoms with Crippen LogP contribution in [-0.2, 0) is 20.5 Å². The number of hydrogen-bond donors (Lipinski definition) is 2. The van der Waals surface area contributed by atoms with Gasteiger partial charge in [-0.3, -0.25) is 9.59 Å². The van der Waals surface area contributed by atoms with Crippen LogP contribution in [0.3, 0.4) is 0 Å². The molecule has 2 amide bonds. The van der Waals surface area contributed by atoms with E-state index in [0.29, 0.717) is 49.0 Å². The zero-order chi connectivity index (χ0) is 30.7. The molecule has 0 spiro atoms.